The largest absolute Gasteiger partial charge is 0.344 e. The Kier molecular flexibility index (Phi) is 4.91. The predicted molar refractivity (Wildman–Crippen MR) is 115 cm³/mol. The lowest BCUT2D eigenvalue weighted by Gasteiger charge is -2.37. The van der Waals surface area contributed by atoms with Crippen LogP contribution in [0.25, 0.3) is 10.9 Å². The van der Waals surface area contributed by atoms with Crippen molar-refractivity contribution in [3.05, 3.63) is 65.1 Å². The molecule has 4 heterocycles. The first-order valence-corrected chi connectivity index (χ1v) is 10.7. The summed E-state index contributed by atoms with van der Waals surface area (Å²) in [5.41, 5.74) is 7.29. The molecule has 5 rings (SSSR count). The van der Waals surface area contributed by atoms with E-state index in [2.05, 4.69) is 57.0 Å². The summed E-state index contributed by atoms with van der Waals surface area (Å²) in [5.74, 6) is 0. The number of fused-ring (bicyclic) bond motifs is 3. The molecule has 1 N–H and O–H groups in total. The van der Waals surface area contributed by atoms with Crippen LogP contribution in [0.15, 0.2) is 42.7 Å². The third kappa shape index (κ3) is 3.36. The molecular weight excluding hydrogens is 344 g/mol. The standard InChI is InChI=1S/C24H30N4/c1-18-2-3-23-21(16-18)22-17-27(20-6-12-26-13-7-20)14-9-24(22)28(23)15-8-19-4-10-25-11-5-19/h2-5,10-11,16,20,26H,6-9,12-15,17H2,1H3. The van der Waals surface area contributed by atoms with Crippen LogP contribution < -0.4 is 5.32 Å². The summed E-state index contributed by atoms with van der Waals surface area (Å²) < 4.78 is 2.60. The lowest BCUT2D eigenvalue weighted by atomic mass is 9.98. The monoisotopic (exact) mass is 374 g/mol. The van der Waals surface area contributed by atoms with Gasteiger partial charge in [-0.3, -0.25) is 9.88 Å². The molecule has 2 aromatic heterocycles. The van der Waals surface area contributed by atoms with E-state index in [-0.39, 0.29) is 0 Å². The van der Waals surface area contributed by atoms with Gasteiger partial charge in [-0.2, -0.15) is 0 Å². The van der Waals surface area contributed by atoms with E-state index in [0.717, 1.165) is 25.6 Å². The first-order valence-electron chi connectivity index (χ1n) is 10.7. The molecule has 0 aliphatic carbocycles. The fourth-order valence-corrected chi connectivity index (χ4v) is 5.11. The van der Waals surface area contributed by atoms with Crippen LogP contribution in [0.1, 0.15) is 35.2 Å². The Bertz CT molecular complexity index is 954. The minimum Gasteiger partial charge on any atom is -0.344 e. The Labute approximate surface area is 167 Å². The van der Waals surface area contributed by atoms with Crippen LogP contribution in [0.5, 0.6) is 0 Å². The summed E-state index contributed by atoms with van der Waals surface area (Å²) >= 11 is 0. The molecule has 0 saturated carbocycles. The molecule has 4 heteroatoms. The minimum absolute atomic E-state index is 0.745. The molecule has 1 fully saturated rings. The number of aryl methyl sites for hydroxylation is 3. The van der Waals surface area contributed by atoms with Gasteiger partial charge in [0.25, 0.3) is 0 Å². The number of hydrogen-bond acceptors (Lipinski definition) is 3. The Morgan fingerprint density at radius 2 is 1.93 bits per heavy atom. The zero-order valence-corrected chi connectivity index (χ0v) is 16.8. The molecule has 2 aliphatic rings. The summed E-state index contributed by atoms with van der Waals surface area (Å²) in [6, 6.07) is 12.0. The molecule has 146 valence electrons. The van der Waals surface area contributed by atoms with Crippen molar-refractivity contribution >= 4 is 10.9 Å². The molecule has 0 spiro atoms. The maximum absolute atomic E-state index is 4.16. The van der Waals surface area contributed by atoms with Crippen LogP contribution in [-0.2, 0) is 25.9 Å². The van der Waals surface area contributed by atoms with Crippen molar-refractivity contribution in [2.75, 3.05) is 19.6 Å². The summed E-state index contributed by atoms with van der Waals surface area (Å²) in [7, 11) is 0. The highest BCUT2D eigenvalue weighted by Crippen LogP contribution is 2.33. The van der Waals surface area contributed by atoms with E-state index in [4.69, 9.17) is 0 Å². The van der Waals surface area contributed by atoms with Crippen molar-refractivity contribution < 1.29 is 0 Å². The first kappa shape index (κ1) is 17.9. The highest BCUT2D eigenvalue weighted by molar-refractivity contribution is 5.86. The van der Waals surface area contributed by atoms with E-state index in [9.17, 15) is 0 Å². The van der Waals surface area contributed by atoms with E-state index in [1.807, 2.05) is 12.4 Å². The number of benzene rings is 1. The summed E-state index contributed by atoms with van der Waals surface area (Å²) in [4.78, 5) is 6.90. The lowest BCUT2D eigenvalue weighted by Crippen LogP contribution is -2.45. The molecular formula is C24H30N4. The quantitative estimate of drug-likeness (QED) is 0.756. The molecule has 0 bridgehead atoms. The number of nitrogens with zero attached hydrogens (tertiary/aromatic N) is 3. The Hall–Kier alpha value is -2.17. The van der Waals surface area contributed by atoms with Crippen molar-refractivity contribution in [1.29, 1.82) is 0 Å². The summed E-state index contributed by atoms with van der Waals surface area (Å²) in [5, 5.41) is 4.99. The Morgan fingerprint density at radius 3 is 2.75 bits per heavy atom. The average Bonchev–Trinajstić information content (AvgIpc) is 3.06. The second kappa shape index (κ2) is 7.69. The average molecular weight is 375 g/mol. The van der Waals surface area contributed by atoms with Gasteiger partial charge in [0.1, 0.15) is 0 Å². The third-order valence-electron chi connectivity index (χ3n) is 6.64. The van der Waals surface area contributed by atoms with E-state index in [0.29, 0.717) is 0 Å². The second-order valence-corrected chi connectivity index (χ2v) is 8.40. The molecule has 1 aromatic carbocycles. The van der Waals surface area contributed by atoms with Gasteiger partial charge in [0.05, 0.1) is 0 Å². The highest BCUT2D eigenvalue weighted by Gasteiger charge is 2.28. The predicted octanol–water partition coefficient (Wildman–Crippen LogP) is 3.70. The van der Waals surface area contributed by atoms with E-state index >= 15 is 0 Å². The van der Waals surface area contributed by atoms with Crippen LogP contribution >= 0.6 is 0 Å². The zero-order chi connectivity index (χ0) is 18.9. The molecule has 4 nitrogen and oxygen atoms in total. The summed E-state index contributed by atoms with van der Waals surface area (Å²) in [6.45, 7) is 7.91. The van der Waals surface area contributed by atoms with Gasteiger partial charge in [0.2, 0.25) is 0 Å². The highest BCUT2D eigenvalue weighted by atomic mass is 15.2. The van der Waals surface area contributed by atoms with Crippen LogP contribution in [0.2, 0.25) is 0 Å². The normalized spacial score (nSPS) is 18.5. The SMILES string of the molecule is Cc1ccc2c(c1)c1c(n2CCc2ccncc2)CCN(C2CCNCC2)C1. The number of rotatable bonds is 4. The molecule has 0 unspecified atom stereocenters. The number of aromatic nitrogens is 2. The van der Waals surface area contributed by atoms with Crippen LogP contribution in [0.4, 0.5) is 0 Å². The van der Waals surface area contributed by atoms with Gasteiger partial charge in [0.15, 0.2) is 0 Å². The van der Waals surface area contributed by atoms with Gasteiger partial charge in [0, 0.05) is 61.1 Å². The van der Waals surface area contributed by atoms with Crippen LogP contribution in [0, 0.1) is 6.92 Å². The van der Waals surface area contributed by atoms with Gasteiger partial charge in [-0.05, 0) is 74.7 Å². The van der Waals surface area contributed by atoms with E-state index < -0.39 is 0 Å². The molecule has 28 heavy (non-hydrogen) atoms. The van der Waals surface area contributed by atoms with Gasteiger partial charge < -0.3 is 9.88 Å². The summed E-state index contributed by atoms with van der Waals surface area (Å²) in [6.07, 6.45) is 8.61. The Balaban J connectivity index is 1.48. The third-order valence-corrected chi connectivity index (χ3v) is 6.64. The van der Waals surface area contributed by atoms with Crippen molar-refractivity contribution in [3.8, 4) is 0 Å². The van der Waals surface area contributed by atoms with Crippen molar-refractivity contribution in [3.63, 3.8) is 0 Å². The zero-order valence-electron chi connectivity index (χ0n) is 16.8. The number of piperidine rings is 1. The van der Waals surface area contributed by atoms with Gasteiger partial charge in [-0.25, -0.2) is 0 Å². The fourth-order valence-electron chi connectivity index (χ4n) is 5.11. The first-order chi connectivity index (χ1) is 13.8. The van der Waals surface area contributed by atoms with Crippen LogP contribution in [0.3, 0.4) is 0 Å². The van der Waals surface area contributed by atoms with Gasteiger partial charge in [-0.1, -0.05) is 11.6 Å². The number of nitrogens with one attached hydrogen (secondary N) is 1. The maximum Gasteiger partial charge on any atom is 0.0486 e. The lowest BCUT2D eigenvalue weighted by molar-refractivity contribution is 0.146. The number of pyridine rings is 1. The molecule has 1 saturated heterocycles. The molecule has 0 radical (unpaired) electrons. The molecule has 0 atom stereocenters. The van der Waals surface area contributed by atoms with E-state index in [1.165, 1.54) is 60.9 Å². The van der Waals surface area contributed by atoms with Gasteiger partial charge in [-0.15, -0.1) is 0 Å². The van der Waals surface area contributed by atoms with Crippen molar-refractivity contribution in [1.82, 2.24) is 19.8 Å². The number of hydrogen-bond donors (Lipinski definition) is 1. The molecule has 3 aromatic rings. The molecule has 0 amide bonds. The second-order valence-electron chi connectivity index (χ2n) is 8.40. The van der Waals surface area contributed by atoms with Crippen molar-refractivity contribution in [2.24, 2.45) is 0 Å². The smallest absolute Gasteiger partial charge is 0.0486 e. The van der Waals surface area contributed by atoms with Crippen molar-refractivity contribution in [2.45, 2.75) is 51.7 Å². The van der Waals surface area contributed by atoms with Gasteiger partial charge >= 0.3 is 0 Å². The minimum atomic E-state index is 0.745. The van der Waals surface area contributed by atoms with E-state index in [1.54, 1.807) is 11.3 Å². The topological polar surface area (TPSA) is 33.1 Å². The maximum atomic E-state index is 4.16. The fraction of sp³-hybridized carbons (Fsp3) is 0.458. The molecule has 2 aliphatic heterocycles. The Morgan fingerprint density at radius 1 is 1.11 bits per heavy atom. The van der Waals surface area contributed by atoms with Crippen LogP contribution in [-0.4, -0.2) is 40.1 Å².